The number of imide groups is 1. The largest absolute Gasteiger partial charge is 0.495 e. The fourth-order valence-corrected chi connectivity index (χ4v) is 4.38. The molecule has 0 radical (unpaired) electrons. The number of halogens is 2. The quantitative estimate of drug-likeness (QED) is 0.549. The van der Waals surface area contributed by atoms with Crippen LogP contribution in [0.1, 0.15) is 12.8 Å². The Morgan fingerprint density at radius 3 is 2.10 bits per heavy atom. The predicted octanol–water partition coefficient (Wildman–Crippen LogP) is 3.12. The maximum absolute atomic E-state index is 12.7. The van der Waals surface area contributed by atoms with E-state index in [1.54, 1.807) is 25.3 Å². The van der Waals surface area contributed by atoms with E-state index in [2.05, 4.69) is 31.9 Å². The van der Waals surface area contributed by atoms with Crippen LogP contribution in [0.5, 0.6) is 5.75 Å². The number of carbonyl (C=O) groups is 2. The van der Waals surface area contributed by atoms with Gasteiger partial charge in [-0.15, -0.1) is 0 Å². The molecule has 1 saturated heterocycles. The minimum Gasteiger partial charge on any atom is -0.495 e. The zero-order chi connectivity index (χ0) is 15.1. The van der Waals surface area contributed by atoms with Crippen LogP contribution in [-0.4, -0.2) is 28.6 Å². The molecule has 2 aliphatic rings. The lowest BCUT2D eigenvalue weighted by Crippen LogP contribution is -2.34. The molecule has 0 spiro atoms. The maximum Gasteiger partial charge on any atom is 0.237 e. The molecule has 4 nitrogen and oxygen atoms in total. The van der Waals surface area contributed by atoms with Gasteiger partial charge < -0.3 is 4.74 Å². The lowest BCUT2D eigenvalue weighted by molar-refractivity contribution is -0.122. The molecule has 6 heteroatoms. The normalized spacial score (nSPS) is 32.2. The summed E-state index contributed by atoms with van der Waals surface area (Å²) in [5.74, 6) is -0.151. The topological polar surface area (TPSA) is 46.6 Å². The molecular formula is C15H15Br2NO3. The van der Waals surface area contributed by atoms with E-state index in [-0.39, 0.29) is 33.3 Å². The molecule has 2 amide bonds. The van der Waals surface area contributed by atoms with Crippen LogP contribution < -0.4 is 9.64 Å². The molecule has 4 atom stereocenters. The van der Waals surface area contributed by atoms with Crippen LogP contribution >= 0.6 is 31.9 Å². The van der Waals surface area contributed by atoms with Gasteiger partial charge in [0.25, 0.3) is 0 Å². The Balaban J connectivity index is 1.98. The van der Waals surface area contributed by atoms with E-state index in [4.69, 9.17) is 4.74 Å². The van der Waals surface area contributed by atoms with E-state index in [0.29, 0.717) is 24.3 Å². The number of hydrogen-bond acceptors (Lipinski definition) is 3. The highest BCUT2D eigenvalue weighted by molar-refractivity contribution is 9.12. The van der Waals surface area contributed by atoms with E-state index >= 15 is 0 Å². The van der Waals surface area contributed by atoms with Crippen LogP contribution in [0.15, 0.2) is 24.3 Å². The second-order valence-corrected chi connectivity index (χ2v) is 7.75. The second kappa shape index (κ2) is 5.72. The molecule has 112 valence electrons. The summed E-state index contributed by atoms with van der Waals surface area (Å²) in [5.41, 5.74) is 0.543. The molecular weight excluding hydrogens is 402 g/mol. The monoisotopic (exact) mass is 415 g/mol. The van der Waals surface area contributed by atoms with Crippen LogP contribution in [0.3, 0.4) is 0 Å². The first-order chi connectivity index (χ1) is 10.0. The number of amides is 2. The Morgan fingerprint density at radius 2 is 1.57 bits per heavy atom. The van der Waals surface area contributed by atoms with Gasteiger partial charge in [0.1, 0.15) is 5.75 Å². The van der Waals surface area contributed by atoms with Gasteiger partial charge in [0.05, 0.1) is 24.6 Å². The van der Waals surface area contributed by atoms with Crippen molar-refractivity contribution in [1.29, 1.82) is 0 Å². The first kappa shape index (κ1) is 15.0. The van der Waals surface area contributed by atoms with Gasteiger partial charge in [-0.3, -0.25) is 9.59 Å². The van der Waals surface area contributed by atoms with Crippen molar-refractivity contribution in [2.24, 2.45) is 11.8 Å². The van der Waals surface area contributed by atoms with Gasteiger partial charge in [-0.1, -0.05) is 44.0 Å². The lowest BCUT2D eigenvalue weighted by Gasteiger charge is -2.29. The summed E-state index contributed by atoms with van der Waals surface area (Å²) in [4.78, 5) is 27.1. The third kappa shape index (κ3) is 2.42. The SMILES string of the molecule is COc1ccccc1N1C(=O)[C@@H]2C[C@@H](Br)[C@@H](Br)C[C@H]2C1=O. The highest BCUT2D eigenvalue weighted by Gasteiger charge is 2.52. The van der Waals surface area contributed by atoms with Crippen LogP contribution in [0.4, 0.5) is 5.69 Å². The van der Waals surface area contributed by atoms with Gasteiger partial charge in [0.2, 0.25) is 11.8 Å². The van der Waals surface area contributed by atoms with Crippen LogP contribution in [0, 0.1) is 11.8 Å². The Hall–Kier alpha value is -0.880. The predicted molar refractivity (Wildman–Crippen MR) is 87.1 cm³/mol. The molecule has 0 bridgehead atoms. The van der Waals surface area contributed by atoms with Gasteiger partial charge in [-0.05, 0) is 25.0 Å². The molecule has 1 heterocycles. The second-order valence-electron chi connectivity index (χ2n) is 5.40. The number of carbonyl (C=O) groups excluding carboxylic acids is 2. The van der Waals surface area contributed by atoms with Gasteiger partial charge in [-0.2, -0.15) is 0 Å². The highest BCUT2D eigenvalue weighted by Crippen LogP contribution is 2.45. The first-order valence-electron chi connectivity index (χ1n) is 6.83. The molecule has 1 aliphatic heterocycles. The number of benzene rings is 1. The number of fused-ring (bicyclic) bond motifs is 1. The van der Waals surface area contributed by atoms with Crippen molar-refractivity contribution in [3.8, 4) is 5.75 Å². The standard InChI is InChI=1S/C15H15Br2NO3/c1-21-13-5-3-2-4-12(13)18-14(19)8-6-10(16)11(17)7-9(8)15(18)20/h2-5,8-11H,6-7H2,1H3/t8-,9-,10-,11+/m1/s1. The van der Waals surface area contributed by atoms with E-state index in [0.717, 1.165) is 0 Å². The van der Waals surface area contributed by atoms with Gasteiger partial charge in [-0.25, -0.2) is 4.90 Å². The zero-order valence-corrected chi connectivity index (χ0v) is 14.6. The molecule has 1 saturated carbocycles. The fraction of sp³-hybridized carbons (Fsp3) is 0.467. The summed E-state index contributed by atoms with van der Waals surface area (Å²) in [6, 6.07) is 7.14. The molecule has 3 rings (SSSR count). The van der Waals surface area contributed by atoms with Crippen molar-refractivity contribution in [3.05, 3.63) is 24.3 Å². The number of alkyl halides is 2. The number of ether oxygens (including phenoxy) is 1. The Labute approximate surface area is 140 Å². The average molecular weight is 417 g/mol. The lowest BCUT2D eigenvalue weighted by atomic mass is 9.81. The number of methoxy groups -OCH3 is 1. The van der Waals surface area contributed by atoms with Crippen LogP contribution in [0.2, 0.25) is 0 Å². The minimum absolute atomic E-state index is 0.113. The summed E-state index contributed by atoms with van der Waals surface area (Å²) < 4.78 is 5.29. The third-order valence-electron chi connectivity index (χ3n) is 4.24. The fourth-order valence-electron chi connectivity index (χ4n) is 3.15. The summed E-state index contributed by atoms with van der Waals surface area (Å²) in [6.45, 7) is 0. The van der Waals surface area contributed by atoms with E-state index in [1.807, 2.05) is 6.07 Å². The number of rotatable bonds is 2. The number of hydrogen-bond donors (Lipinski definition) is 0. The van der Waals surface area contributed by atoms with Crippen molar-refractivity contribution in [2.75, 3.05) is 12.0 Å². The van der Waals surface area contributed by atoms with E-state index in [9.17, 15) is 9.59 Å². The molecule has 1 aromatic carbocycles. The highest BCUT2D eigenvalue weighted by atomic mass is 79.9. The Bertz CT molecular complexity index is 564. The van der Waals surface area contributed by atoms with Crippen molar-refractivity contribution in [2.45, 2.75) is 22.5 Å². The number of para-hydroxylation sites is 2. The van der Waals surface area contributed by atoms with Crippen molar-refractivity contribution in [1.82, 2.24) is 0 Å². The third-order valence-corrected chi connectivity index (χ3v) is 6.97. The number of nitrogens with zero attached hydrogens (tertiary/aromatic N) is 1. The van der Waals surface area contributed by atoms with Crippen molar-refractivity contribution in [3.63, 3.8) is 0 Å². The minimum atomic E-state index is -0.236. The zero-order valence-electron chi connectivity index (χ0n) is 11.5. The van der Waals surface area contributed by atoms with Gasteiger partial charge in [0.15, 0.2) is 0 Å². The number of anilines is 1. The average Bonchev–Trinajstić information content (AvgIpc) is 2.71. The summed E-state index contributed by atoms with van der Waals surface area (Å²) in [5, 5.41) is 0. The molecule has 0 aromatic heterocycles. The molecule has 21 heavy (non-hydrogen) atoms. The van der Waals surface area contributed by atoms with Gasteiger partial charge >= 0.3 is 0 Å². The maximum atomic E-state index is 12.7. The molecule has 0 N–H and O–H groups in total. The summed E-state index contributed by atoms with van der Waals surface area (Å²) in [7, 11) is 1.54. The summed E-state index contributed by atoms with van der Waals surface area (Å²) in [6.07, 6.45) is 1.35. The Morgan fingerprint density at radius 1 is 1.05 bits per heavy atom. The molecule has 0 unspecified atom stereocenters. The van der Waals surface area contributed by atoms with E-state index < -0.39 is 0 Å². The molecule has 1 aromatic rings. The van der Waals surface area contributed by atoms with Crippen LogP contribution in [0.25, 0.3) is 0 Å². The summed E-state index contributed by atoms with van der Waals surface area (Å²) >= 11 is 7.18. The molecule has 2 fully saturated rings. The molecule has 1 aliphatic carbocycles. The van der Waals surface area contributed by atoms with E-state index in [1.165, 1.54) is 4.90 Å². The Kier molecular flexibility index (Phi) is 4.10. The van der Waals surface area contributed by atoms with Crippen LogP contribution in [-0.2, 0) is 9.59 Å². The van der Waals surface area contributed by atoms with Gasteiger partial charge in [0, 0.05) is 9.65 Å². The smallest absolute Gasteiger partial charge is 0.237 e. The van der Waals surface area contributed by atoms with Crippen molar-refractivity contribution >= 4 is 49.4 Å². The van der Waals surface area contributed by atoms with Crippen molar-refractivity contribution < 1.29 is 14.3 Å². The first-order valence-corrected chi connectivity index (χ1v) is 8.66.